The average Bonchev–Trinajstić information content (AvgIpc) is 2.03. The van der Waals surface area contributed by atoms with Crippen molar-refractivity contribution in [2.24, 2.45) is 5.92 Å². The number of ketones is 1. The molecule has 2 nitrogen and oxygen atoms in total. The highest BCUT2D eigenvalue weighted by Gasteiger charge is 2.25. The van der Waals surface area contributed by atoms with E-state index in [4.69, 9.17) is 0 Å². The first-order chi connectivity index (χ1) is 6.49. The molecule has 0 amide bonds. The van der Waals surface area contributed by atoms with Crippen molar-refractivity contribution in [2.75, 3.05) is 27.7 Å². The second kappa shape index (κ2) is 4.92. The zero-order valence-corrected chi connectivity index (χ0v) is 9.88. The summed E-state index contributed by atoms with van der Waals surface area (Å²) >= 11 is 0. The topological polar surface area (TPSA) is 17.1 Å². The summed E-state index contributed by atoms with van der Waals surface area (Å²) in [5, 5.41) is 0. The van der Waals surface area contributed by atoms with E-state index in [1.165, 1.54) is 19.3 Å². The molecular weight excluding hydrogens is 174 g/mol. The van der Waals surface area contributed by atoms with E-state index in [-0.39, 0.29) is 0 Å². The minimum Gasteiger partial charge on any atom is -0.330 e. The van der Waals surface area contributed by atoms with E-state index >= 15 is 0 Å². The maximum absolute atomic E-state index is 11.8. The van der Waals surface area contributed by atoms with Gasteiger partial charge in [-0.2, -0.15) is 0 Å². The Morgan fingerprint density at radius 3 is 2.43 bits per heavy atom. The summed E-state index contributed by atoms with van der Waals surface area (Å²) in [5.74, 6) is 0.841. The number of quaternary nitrogens is 1. The van der Waals surface area contributed by atoms with E-state index in [0.29, 0.717) is 11.7 Å². The van der Waals surface area contributed by atoms with Crippen molar-refractivity contribution in [3.63, 3.8) is 0 Å². The van der Waals surface area contributed by atoms with E-state index in [0.717, 1.165) is 30.3 Å². The van der Waals surface area contributed by atoms with Crippen LogP contribution in [0.15, 0.2) is 0 Å². The van der Waals surface area contributed by atoms with Crippen molar-refractivity contribution in [3.05, 3.63) is 0 Å². The third-order valence-corrected chi connectivity index (χ3v) is 2.95. The Labute approximate surface area is 87.9 Å². The number of rotatable bonds is 2. The van der Waals surface area contributed by atoms with Gasteiger partial charge in [-0.1, -0.05) is 19.3 Å². The second-order valence-corrected chi connectivity index (χ2v) is 5.59. The number of hydrogen-bond acceptors (Lipinski definition) is 1. The Bertz CT molecular complexity index is 193. The van der Waals surface area contributed by atoms with E-state index < -0.39 is 0 Å². The zero-order valence-electron chi connectivity index (χ0n) is 9.88. The summed E-state index contributed by atoms with van der Waals surface area (Å²) in [6, 6.07) is 0. The highest BCUT2D eigenvalue weighted by atomic mass is 16.1. The van der Waals surface area contributed by atoms with Crippen molar-refractivity contribution in [2.45, 2.75) is 38.5 Å². The molecule has 1 fully saturated rings. The van der Waals surface area contributed by atoms with Crippen molar-refractivity contribution >= 4 is 5.78 Å². The van der Waals surface area contributed by atoms with Crippen molar-refractivity contribution < 1.29 is 9.28 Å². The van der Waals surface area contributed by atoms with Crippen LogP contribution in [0, 0.1) is 5.92 Å². The molecule has 0 aliphatic heterocycles. The first kappa shape index (κ1) is 11.7. The van der Waals surface area contributed by atoms with Gasteiger partial charge in [-0.05, 0) is 12.8 Å². The number of hydrogen-bond donors (Lipinski definition) is 0. The first-order valence-electron chi connectivity index (χ1n) is 5.82. The molecule has 1 rings (SSSR count). The van der Waals surface area contributed by atoms with Crippen LogP contribution in [0.5, 0.6) is 0 Å². The van der Waals surface area contributed by atoms with Gasteiger partial charge in [-0.25, -0.2) is 0 Å². The summed E-state index contributed by atoms with van der Waals surface area (Å²) in [6.45, 7) is 1.01. The Morgan fingerprint density at radius 1 is 1.14 bits per heavy atom. The second-order valence-electron chi connectivity index (χ2n) is 5.59. The Hall–Kier alpha value is -0.370. The summed E-state index contributed by atoms with van der Waals surface area (Å²) in [7, 11) is 6.52. The zero-order chi connectivity index (χ0) is 10.6. The molecule has 0 radical (unpaired) electrons. The van der Waals surface area contributed by atoms with Gasteiger partial charge in [-0.3, -0.25) is 4.79 Å². The molecule has 0 aromatic carbocycles. The summed E-state index contributed by atoms with van der Waals surface area (Å²) < 4.78 is 0.913. The van der Waals surface area contributed by atoms with Gasteiger partial charge in [0.1, 0.15) is 5.78 Å². The molecule has 1 atom stereocenters. The van der Waals surface area contributed by atoms with Gasteiger partial charge >= 0.3 is 0 Å². The molecule has 0 heterocycles. The van der Waals surface area contributed by atoms with Crippen LogP contribution in [0.25, 0.3) is 0 Å². The fourth-order valence-electron chi connectivity index (χ4n) is 2.26. The third kappa shape index (κ3) is 4.23. The lowest BCUT2D eigenvalue weighted by atomic mass is 9.89. The first-order valence-corrected chi connectivity index (χ1v) is 5.82. The molecule has 1 unspecified atom stereocenters. The molecule has 0 N–H and O–H groups in total. The predicted octanol–water partition coefficient (Wildman–Crippen LogP) is 2.23. The van der Waals surface area contributed by atoms with Gasteiger partial charge in [0.25, 0.3) is 0 Å². The third-order valence-electron chi connectivity index (χ3n) is 2.95. The Morgan fingerprint density at radius 2 is 1.79 bits per heavy atom. The van der Waals surface area contributed by atoms with E-state index in [1.807, 2.05) is 0 Å². The molecule has 2 heteroatoms. The van der Waals surface area contributed by atoms with Gasteiger partial charge in [0.2, 0.25) is 0 Å². The molecule has 1 aliphatic carbocycles. The van der Waals surface area contributed by atoms with Crippen molar-refractivity contribution in [1.29, 1.82) is 0 Å². The fourth-order valence-corrected chi connectivity index (χ4v) is 2.26. The standard InChI is InChI=1S/C12H24NO/c1-13(2,3)10-11-8-6-4-5-7-9-12(11)14/h11H,4-10H2,1-3H3/q+1. The quantitative estimate of drug-likeness (QED) is 0.622. The smallest absolute Gasteiger partial charge is 0.141 e. The monoisotopic (exact) mass is 198 g/mol. The van der Waals surface area contributed by atoms with E-state index in [1.54, 1.807) is 0 Å². The molecule has 0 saturated heterocycles. The Kier molecular flexibility index (Phi) is 4.11. The molecule has 1 aliphatic rings. The molecule has 82 valence electrons. The van der Waals surface area contributed by atoms with Gasteiger partial charge in [0.15, 0.2) is 0 Å². The van der Waals surface area contributed by atoms with Gasteiger partial charge in [0.05, 0.1) is 33.6 Å². The fraction of sp³-hybridized carbons (Fsp3) is 0.917. The van der Waals surface area contributed by atoms with Crippen LogP contribution in [0.4, 0.5) is 0 Å². The summed E-state index contributed by atoms with van der Waals surface area (Å²) in [5.41, 5.74) is 0. The van der Waals surface area contributed by atoms with Crippen LogP contribution in [-0.4, -0.2) is 38.0 Å². The van der Waals surface area contributed by atoms with Gasteiger partial charge < -0.3 is 4.48 Å². The lowest BCUT2D eigenvalue weighted by molar-refractivity contribution is -0.872. The number of nitrogens with zero attached hydrogens (tertiary/aromatic N) is 1. The van der Waals surface area contributed by atoms with Gasteiger partial charge in [-0.15, -0.1) is 0 Å². The largest absolute Gasteiger partial charge is 0.330 e. The average molecular weight is 198 g/mol. The molecule has 0 spiro atoms. The Balaban J connectivity index is 2.50. The maximum atomic E-state index is 11.8. The molecule has 0 aromatic rings. The lowest BCUT2D eigenvalue weighted by Crippen LogP contribution is -2.41. The van der Waals surface area contributed by atoms with Gasteiger partial charge in [0, 0.05) is 6.42 Å². The minimum atomic E-state index is 0.329. The van der Waals surface area contributed by atoms with E-state index in [2.05, 4.69) is 21.1 Å². The molecular formula is C12H24NO+. The minimum absolute atomic E-state index is 0.329. The highest BCUT2D eigenvalue weighted by molar-refractivity contribution is 5.81. The van der Waals surface area contributed by atoms with Crippen LogP contribution < -0.4 is 0 Å². The van der Waals surface area contributed by atoms with Crippen LogP contribution in [-0.2, 0) is 4.79 Å². The maximum Gasteiger partial charge on any atom is 0.141 e. The van der Waals surface area contributed by atoms with Crippen molar-refractivity contribution in [1.82, 2.24) is 0 Å². The molecule has 0 bridgehead atoms. The SMILES string of the molecule is C[N+](C)(C)CC1CCCCCCC1=O. The van der Waals surface area contributed by atoms with Crippen molar-refractivity contribution in [3.8, 4) is 0 Å². The number of Topliss-reactive ketones (excluding diaryl/α,β-unsaturated/α-hetero) is 1. The normalized spacial score (nSPS) is 25.6. The highest BCUT2D eigenvalue weighted by Crippen LogP contribution is 2.21. The molecule has 14 heavy (non-hydrogen) atoms. The van der Waals surface area contributed by atoms with Crippen LogP contribution in [0.1, 0.15) is 38.5 Å². The number of carbonyl (C=O) groups is 1. The predicted molar refractivity (Wildman–Crippen MR) is 59.1 cm³/mol. The van der Waals surface area contributed by atoms with Crippen LogP contribution in [0.2, 0.25) is 0 Å². The lowest BCUT2D eigenvalue weighted by Gasteiger charge is -2.29. The van der Waals surface area contributed by atoms with E-state index in [9.17, 15) is 4.79 Å². The number of carbonyl (C=O) groups excluding carboxylic acids is 1. The molecule has 1 saturated carbocycles. The summed E-state index contributed by atoms with van der Waals surface area (Å²) in [6.07, 6.45) is 6.88. The van der Waals surface area contributed by atoms with Crippen LogP contribution in [0.3, 0.4) is 0 Å². The molecule has 0 aromatic heterocycles. The van der Waals surface area contributed by atoms with Crippen LogP contribution >= 0.6 is 0 Å². The summed E-state index contributed by atoms with van der Waals surface area (Å²) in [4.78, 5) is 11.8.